The fourth-order valence-corrected chi connectivity index (χ4v) is 3.80. The van der Waals surface area contributed by atoms with E-state index in [9.17, 15) is 0 Å². The summed E-state index contributed by atoms with van der Waals surface area (Å²) in [7, 11) is 1.88. The molecule has 2 aromatic heterocycles. The van der Waals surface area contributed by atoms with Gasteiger partial charge in [0.25, 0.3) is 0 Å². The summed E-state index contributed by atoms with van der Waals surface area (Å²) in [4.78, 5) is 13.5. The normalized spacial score (nSPS) is 16.6. The lowest BCUT2D eigenvalue weighted by molar-refractivity contribution is 0.297. The molecule has 0 amide bonds. The average molecular weight is 373 g/mol. The molecule has 0 radical (unpaired) electrons. The topological polar surface area (TPSA) is 92.1 Å². The molecule has 0 spiro atoms. The number of nitrogens with one attached hydrogen (secondary N) is 3. The number of hydrogen-bond acceptors (Lipinski definition) is 5. The van der Waals surface area contributed by atoms with Crippen molar-refractivity contribution in [2.45, 2.75) is 46.0 Å². The van der Waals surface area contributed by atoms with Gasteiger partial charge in [0.15, 0.2) is 11.6 Å². The summed E-state index contributed by atoms with van der Waals surface area (Å²) in [6, 6.07) is 0. The first-order valence-electron chi connectivity index (χ1n) is 10.1. The number of guanidine groups is 1. The van der Waals surface area contributed by atoms with Gasteiger partial charge in [0, 0.05) is 33.2 Å². The van der Waals surface area contributed by atoms with E-state index in [0.717, 1.165) is 49.0 Å². The van der Waals surface area contributed by atoms with Crippen molar-refractivity contribution in [3.05, 3.63) is 12.5 Å². The molecule has 2 aromatic rings. The largest absolute Gasteiger partial charge is 0.368 e. The van der Waals surface area contributed by atoms with Gasteiger partial charge in [-0.3, -0.25) is 9.67 Å². The van der Waals surface area contributed by atoms with E-state index in [4.69, 9.17) is 4.99 Å². The van der Waals surface area contributed by atoms with Gasteiger partial charge in [-0.2, -0.15) is 5.10 Å². The Kier molecular flexibility index (Phi) is 6.47. The van der Waals surface area contributed by atoms with Crippen LogP contribution in [0.3, 0.4) is 0 Å². The van der Waals surface area contributed by atoms with E-state index in [0.29, 0.717) is 5.41 Å². The maximum Gasteiger partial charge on any atom is 0.191 e. The van der Waals surface area contributed by atoms with Crippen LogP contribution in [0.25, 0.3) is 11.0 Å². The number of aromatic nitrogens is 4. The Morgan fingerprint density at radius 1 is 1.19 bits per heavy atom. The quantitative estimate of drug-likeness (QED) is 0.374. The summed E-state index contributed by atoms with van der Waals surface area (Å²) in [6.45, 7) is 7.67. The third kappa shape index (κ3) is 4.67. The van der Waals surface area contributed by atoms with Gasteiger partial charge in [-0.25, -0.2) is 9.97 Å². The number of rotatable bonds is 8. The predicted octanol–water partition coefficient (Wildman–Crippen LogP) is 2.30. The van der Waals surface area contributed by atoms with Crippen LogP contribution in [0.2, 0.25) is 0 Å². The number of aryl methyl sites for hydroxylation is 1. The molecule has 148 valence electrons. The van der Waals surface area contributed by atoms with E-state index in [1.165, 1.54) is 32.1 Å². The molecular formula is C19H32N8. The summed E-state index contributed by atoms with van der Waals surface area (Å²) >= 11 is 0. The molecule has 27 heavy (non-hydrogen) atoms. The lowest BCUT2D eigenvalue weighted by Crippen LogP contribution is -2.40. The van der Waals surface area contributed by atoms with E-state index in [1.807, 2.05) is 7.05 Å². The molecule has 1 aliphatic rings. The lowest BCUT2D eigenvalue weighted by Gasteiger charge is -2.25. The minimum Gasteiger partial charge on any atom is -0.368 e. The molecule has 1 fully saturated rings. The number of hydrogen-bond donors (Lipinski definition) is 3. The highest BCUT2D eigenvalue weighted by molar-refractivity contribution is 5.86. The zero-order valence-electron chi connectivity index (χ0n) is 16.8. The number of anilines is 1. The highest BCUT2D eigenvalue weighted by Gasteiger charge is 2.31. The van der Waals surface area contributed by atoms with Crippen molar-refractivity contribution < 1.29 is 0 Å². The summed E-state index contributed by atoms with van der Waals surface area (Å²) in [5.41, 5.74) is 1.24. The van der Waals surface area contributed by atoms with Gasteiger partial charge in [0.05, 0.1) is 11.6 Å². The second-order valence-corrected chi connectivity index (χ2v) is 7.34. The first-order chi connectivity index (χ1) is 13.2. The van der Waals surface area contributed by atoms with Crippen molar-refractivity contribution in [3.8, 4) is 0 Å². The van der Waals surface area contributed by atoms with Gasteiger partial charge in [-0.05, 0) is 31.6 Å². The molecule has 0 aromatic carbocycles. The maximum atomic E-state index is 4.86. The van der Waals surface area contributed by atoms with Gasteiger partial charge < -0.3 is 16.0 Å². The van der Waals surface area contributed by atoms with Gasteiger partial charge in [0.2, 0.25) is 0 Å². The van der Waals surface area contributed by atoms with Crippen LogP contribution >= 0.6 is 0 Å². The molecule has 1 saturated carbocycles. The Balaban J connectivity index is 1.52. The van der Waals surface area contributed by atoms with Crippen molar-refractivity contribution in [2.24, 2.45) is 17.5 Å². The Morgan fingerprint density at radius 2 is 2.00 bits per heavy atom. The van der Waals surface area contributed by atoms with Gasteiger partial charge >= 0.3 is 0 Å². The molecule has 2 heterocycles. The second kappa shape index (κ2) is 9.01. The molecule has 3 rings (SSSR count). The molecule has 0 atom stereocenters. The van der Waals surface area contributed by atoms with Crippen LogP contribution in [0.5, 0.6) is 0 Å². The van der Waals surface area contributed by atoms with Gasteiger partial charge in [-0.1, -0.05) is 19.8 Å². The van der Waals surface area contributed by atoms with Gasteiger partial charge in [0.1, 0.15) is 12.1 Å². The Labute approximate surface area is 161 Å². The number of nitrogens with zero attached hydrogens (tertiary/aromatic N) is 5. The van der Waals surface area contributed by atoms with Crippen molar-refractivity contribution >= 4 is 22.8 Å². The zero-order valence-corrected chi connectivity index (χ0v) is 16.8. The summed E-state index contributed by atoms with van der Waals surface area (Å²) in [5.74, 6) is 1.71. The fraction of sp³-hybridized carbons (Fsp3) is 0.684. The Bertz CT molecular complexity index is 760. The second-order valence-electron chi connectivity index (χ2n) is 7.34. The van der Waals surface area contributed by atoms with E-state index in [1.54, 1.807) is 17.2 Å². The van der Waals surface area contributed by atoms with Crippen molar-refractivity contribution in [1.29, 1.82) is 0 Å². The first kappa shape index (κ1) is 19.4. The molecular weight excluding hydrogens is 340 g/mol. The summed E-state index contributed by atoms with van der Waals surface area (Å²) in [6.07, 6.45) is 9.88. The van der Waals surface area contributed by atoms with E-state index in [2.05, 4.69) is 44.9 Å². The fourth-order valence-electron chi connectivity index (χ4n) is 3.80. The molecule has 1 aliphatic carbocycles. The monoisotopic (exact) mass is 372 g/mol. The van der Waals surface area contributed by atoms with Crippen LogP contribution < -0.4 is 16.0 Å². The SMILES string of the molecule is CCNC(=NCC1(CC)CCCC1)NCCNc1ncnc2c1cnn2C. The minimum absolute atomic E-state index is 0.410. The predicted molar refractivity (Wildman–Crippen MR) is 110 cm³/mol. The van der Waals surface area contributed by atoms with Crippen molar-refractivity contribution in [1.82, 2.24) is 30.4 Å². The molecule has 0 unspecified atom stereocenters. The van der Waals surface area contributed by atoms with Crippen LogP contribution in [0.4, 0.5) is 5.82 Å². The standard InChI is InChI=1S/C19H32N8/c1-4-19(8-6-7-9-19)13-23-18(20-5-2)22-11-10-21-16-15-12-26-27(3)17(15)25-14-24-16/h12,14H,4-11,13H2,1-3H3,(H2,20,22,23)(H,21,24,25). The Morgan fingerprint density at radius 3 is 2.74 bits per heavy atom. The van der Waals surface area contributed by atoms with Crippen LogP contribution in [-0.4, -0.2) is 51.9 Å². The summed E-state index contributed by atoms with van der Waals surface area (Å²) in [5, 5.41) is 15.3. The lowest BCUT2D eigenvalue weighted by atomic mass is 9.84. The molecule has 0 aliphatic heterocycles. The molecule has 0 saturated heterocycles. The average Bonchev–Trinajstić information content (AvgIpc) is 3.31. The number of aliphatic imine (C=N–C) groups is 1. The van der Waals surface area contributed by atoms with E-state index < -0.39 is 0 Å². The van der Waals surface area contributed by atoms with Crippen LogP contribution in [-0.2, 0) is 7.05 Å². The van der Waals surface area contributed by atoms with E-state index >= 15 is 0 Å². The first-order valence-corrected chi connectivity index (χ1v) is 10.1. The third-order valence-corrected chi connectivity index (χ3v) is 5.57. The highest BCUT2D eigenvalue weighted by Crippen LogP contribution is 2.41. The van der Waals surface area contributed by atoms with Crippen LogP contribution in [0, 0.1) is 5.41 Å². The number of fused-ring (bicyclic) bond motifs is 1. The van der Waals surface area contributed by atoms with Crippen LogP contribution in [0.15, 0.2) is 17.5 Å². The zero-order chi connectivity index (χ0) is 19.1. The smallest absolute Gasteiger partial charge is 0.191 e. The van der Waals surface area contributed by atoms with Crippen molar-refractivity contribution in [2.75, 3.05) is 31.5 Å². The van der Waals surface area contributed by atoms with E-state index in [-0.39, 0.29) is 0 Å². The highest BCUT2D eigenvalue weighted by atomic mass is 15.3. The van der Waals surface area contributed by atoms with Crippen LogP contribution in [0.1, 0.15) is 46.0 Å². The van der Waals surface area contributed by atoms with Gasteiger partial charge in [-0.15, -0.1) is 0 Å². The molecule has 0 bridgehead atoms. The molecule has 8 heteroatoms. The Hall–Kier alpha value is -2.38. The maximum absolute atomic E-state index is 4.86. The molecule has 8 nitrogen and oxygen atoms in total. The molecule has 3 N–H and O–H groups in total. The van der Waals surface area contributed by atoms with Crippen molar-refractivity contribution in [3.63, 3.8) is 0 Å². The summed E-state index contributed by atoms with van der Waals surface area (Å²) < 4.78 is 1.75. The minimum atomic E-state index is 0.410. The third-order valence-electron chi connectivity index (χ3n) is 5.57.